The fourth-order valence-electron chi connectivity index (χ4n) is 0. The summed E-state index contributed by atoms with van der Waals surface area (Å²) in [5, 5.41) is 0. The molecule has 0 amide bonds. The van der Waals surface area contributed by atoms with E-state index in [0.29, 0.717) is 0 Å². The van der Waals surface area contributed by atoms with Crippen LogP contribution in [0.5, 0.6) is 0 Å². The monoisotopic (exact) mass is 116 g/mol. The highest BCUT2D eigenvalue weighted by atomic mass is 35.6. The fourth-order valence-corrected chi connectivity index (χ4v) is 0. The lowest BCUT2D eigenvalue weighted by atomic mass is 10.7. The Morgan fingerprint density at radius 1 is 1.00 bits per heavy atom. The van der Waals surface area contributed by atoms with Crippen molar-refractivity contribution < 1.29 is 0 Å². The van der Waals surface area contributed by atoms with E-state index in [2.05, 4.69) is 0 Å². The number of hydrogen-bond donors (Lipinski definition) is 0. The van der Waals surface area contributed by atoms with Crippen molar-refractivity contribution in [3.8, 4) is 0 Å². The van der Waals surface area contributed by atoms with Gasteiger partial charge in [0.2, 0.25) is 0 Å². The molecule has 0 fully saturated rings. The van der Waals surface area contributed by atoms with E-state index in [1.54, 1.807) is 0 Å². The summed E-state index contributed by atoms with van der Waals surface area (Å²) in [7, 11) is 0. The highest BCUT2D eigenvalue weighted by Crippen LogP contribution is 1.97. The van der Waals surface area contributed by atoms with Crippen LogP contribution in [-0.4, -0.2) is 4.96 Å². The molecule has 0 saturated heterocycles. The number of rotatable bonds is 0. The van der Waals surface area contributed by atoms with Gasteiger partial charge < -0.3 is 34.4 Å². The van der Waals surface area contributed by atoms with E-state index in [1.165, 1.54) is 0 Å². The maximum Gasteiger partial charge on any atom is 0.160 e. The molecule has 0 atom stereocenters. The van der Waals surface area contributed by atoms with Crippen molar-refractivity contribution in [3.63, 3.8) is 0 Å². The predicted octanol–water partition coefficient (Wildman–Crippen LogP) is 1.69. The van der Waals surface area contributed by atoms with Crippen molar-refractivity contribution in [1.82, 2.24) is 0 Å². The van der Waals surface area contributed by atoms with Gasteiger partial charge in [-0.25, -0.2) is 0 Å². The Balaban J connectivity index is 2.32. The Bertz CT molecular complexity index is 8.00. The Hall–Kier alpha value is 0.935. The van der Waals surface area contributed by atoms with Crippen LogP contribution in [0.4, 0.5) is 0 Å². The molecule has 1 radical (unpaired) electrons. The fraction of sp³-hybridized carbons (Fsp3) is 0. The Morgan fingerprint density at radius 3 is 1.00 bits per heavy atom. The second kappa shape index (κ2) is 2.19. The Morgan fingerprint density at radius 2 is 1.00 bits per heavy atom. The summed E-state index contributed by atoms with van der Waals surface area (Å²) in [5.74, 6) is 0. The Labute approximate surface area is 39.9 Å². The van der Waals surface area contributed by atoms with Gasteiger partial charge in [0.15, 0.2) is 4.96 Å². The first-order chi connectivity index (χ1) is 1.73. The van der Waals surface area contributed by atoms with Crippen LogP contribution in [0.15, 0.2) is 0 Å². The van der Waals surface area contributed by atoms with Crippen LogP contribution in [0.1, 0.15) is 0 Å². The van der Waals surface area contributed by atoms with Gasteiger partial charge in [0, 0.05) is 0 Å². The van der Waals surface area contributed by atoms with Crippen molar-refractivity contribution in [2.45, 2.75) is 0 Å². The lowest BCUT2D eigenvalue weighted by Crippen LogP contribution is -1.66. The van der Waals surface area contributed by atoms with E-state index in [9.17, 15) is 0 Å². The molecule has 25 valence electrons. The van der Waals surface area contributed by atoms with Crippen LogP contribution in [0.2, 0.25) is 0 Å². The van der Waals surface area contributed by atoms with Crippen molar-refractivity contribution in [3.05, 3.63) is 0 Å². The van der Waals surface area contributed by atoms with Gasteiger partial charge in [-0.2, -0.15) is 0 Å². The van der Waals surface area contributed by atoms with Gasteiger partial charge in [0.1, 0.15) is 0 Å². The van der Waals surface area contributed by atoms with E-state index in [0.717, 1.165) is 0 Å². The van der Waals surface area contributed by atoms with Gasteiger partial charge in [0.25, 0.3) is 0 Å². The molecule has 0 unspecified atom stereocenters. The molecule has 0 saturated carbocycles. The van der Waals surface area contributed by atoms with Crippen LogP contribution < -0.4 is 0 Å². The van der Waals surface area contributed by atoms with E-state index in [4.69, 9.17) is 34.4 Å². The van der Waals surface area contributed by atoms with Gasteiger partial charge in [-0.05, 0) is 0 Å². The normalized spacial score (nSPS) is 9.00. The SMILES string of the molecule is Cl[B-](Cl)Cl. The van der Waals surface area contributed by atoms with Crippen LogP contribution in [0.3, 0.4) is 0 Å². The van der Waals surface area contributed by atoms with Crippen molar-refractivity contribution >= 4 is 39.3 Å². The molecule has 0 aromatic rings. The minimum absolute atomic E-state index is 0.750. The molecular weight excluding hydrogens is 117 g/mol. The summed E-state index contributed by atoms with van der Waals surface area (Å²) < 4.78 is 0. The van der Waals surface area contributed by atoms with Gasteiger partial charge in [-0.3, -0.25) is 0 Å². The second-order valence-corrected chi connectivity index (χ2v) is 2.23. The van der Waals surface area contributed by atoms with Crippen molar-refractivity contribution in [1.29, 1.82) is 0 Å². The van der Waals surface area contributed by atoms with E-state index in [1.807, 2.05) is 0 Å². The van der Waals surface area contributed by atoms with Crippen LogP contribution in [0.25, 0.3) is 0 Å². The van der Waals surface area contributed by atoms with Gasteiger partial charge in [-0.1, -0.05) is 0 Å². The highest BCUT2D eigenvalue weighted by molar-refractivity contribution is 7.54. The van der Waals surface area contributed by atoms with Crippen molar-refractivity contribution in [2.24, 2.45) is 0 Å². The van der Waals surface area contributed by atoms with Gasteiger partial charge in [0.05, 0.1) is 0 Å². The zero-order valence-electron chi connectivity index (χ0n) is 1.71. The topological polar surface area (TPSA) is 0 Å². The maximum atomic E-state index is 4.81. The van der Waals surface area contributed by atoms with Gasteiger partial charge in [-0.15, -0.1) is 0 Å². The summed E-state index contributed by atoms with van der Waals surface area (Å²) in [5.41, 5.74) is 0. The molecule has 0 aliphatic heterocycles. The summed E-state index contributed by atoms with van der Waals surface area (Å²) in [6.45, 7) is 0. The first-order valence-electron chi connectivity index (χ1n) is 0.655. The molecule has 0 bridgehead atoms. The number of hydrogen-bond acceptors (Lipinski definition) is 0. The molecule has 0 spiro atoms. The molecule has 0 rings (SSSR count). The zero-order chi connectivity index (χ0) is 3.58. The largest absolute Gasteiger partial charge is 0.387 e. The first kappa shape index (κ1) is 4.93. The molecule has 0 heterocycles. The third-order valence-electron chi connectivity index (χ3n) is 0. The third-order valence-corrected chi connectivity index (χ3v) is 0. The molecule has 0 N–H and O–H groups in total. The molecular formula is BCl3-. The van der Waals surface area contributed by atoms with E-state index in [-0.39, 0.29) is 0 Å². The van der Waals surface area contributed by atoms with Crippen molar-refractivity contribution in [2.75, 3.05) is 0 Å². The molecule has 0 nitrogen and oxygen atoms in total. The average Bonchev–Trinajstić information content (AvgIpc) is 0.811. The summed E-state index contributed by atoms with van der Waals surface area (Å²) in [6, 6.07) is 0. The summed E-state index contributed by atoms with van der Waals surface area (Å²) in [6.07, 6.45) is 0. The molecule has 0 aromatic heterocycles. The molecule has 0 aliphatic carbocycles. The van der Waals surface area contributed by atoms with E-state index >= 15 is 0 Å². The third kappa shape index (κ3) is 12.6. The molecule has 0 aromatic carbocycles. The van der Waals surface area contributed by atoms with Gasteiger partial charge >= 0.3 is 0 Å². The van der Waals surface area contributed by atoms with E-state index < -0.39 is 4.96 Å². The average molecular weight is 117 g/mol. The highest BCUT2D eigenvalue weighted by Gasteiger charge is 1.64. The quantitative estimate of drug-likeness (QED) is 0.423. The lowest BCUT2D eigenvalue weighted by Gasteiger charge is -1.87. The molecule has 4 heavy (non-hydrogen) atoms. The molecule has 0 aliphatic rings. The lowest BCUT2D eigenvalue weighted by molar-refractivity contribution is 4.07. The number of halogens is 3. The van der Waals surface area contributed by atoms with Crippen LogP contribution in [-0.2, 0) is 0 Å². The van der Waals surface area contributed by atoms with Crippen LogP contribution >= 0.6 is 34.4 Å². The minimum atomic E-state index is -0.750. The summed E-state index contributed by atoms with van der Waals surface area (Å²) in [4.78, 5) is -0.750. The zero-order valence-corrected chi connectivity index (χ0v) is 3.98. The molecule has 4 heteroatoms. The standard InChI is InChI=1S/BCl3/c2-1(3)4/q-1. The maximum absolute atomic E-state index is 4.81. The summed E-state index contributed by atoms with van der Waals surface area (Å²) >= 11 is 14.4. The Kier molecular flexibility index (Phi) is 2.70. The predicted molar refractivity (Wildman–Crippen MR) is 23.3 cm³/mol. The second-order valence-electron chi connectivity index (χ2n) is 0.247. The smallest absolute Gasteiger partial charge is 0.160 e. The minimum Gasteiger partial charge on any atom is -0.387 e. The van der Waals surface area contributed by atoms with Crippen LogP contribution in [0, 0.1) is 0 Å². The first-order valence-corrected chi connectivity index (χ1v) is 1.96.